The maximum absolute atomic E-state index is 13.1. The van der Waals surface area contributed by atoms with Gasteiger partial charge in [-0.05, 0) is 89.9 Å². The van der Waals surface area contributed by atoms with Gasteiger partial charge in [0.2, 0.25) is 0 Å². The first-order chi connectivity index (χ1) is 48.7. The van der Waals surface area contributed by atoms with Gasteiger partial charge in [-0.2, -0.15) is 0 Å². The minimum absolute atomic E-state index is 0.0362. The zero-order valence-corrected chi connectivity index (χ0v) is 65.2. The summed E-state index contributed by atoms with van der Waals surface area (Å²) in [5.41, 5.74) is 0. The number of ether oxygens (including phenoxy) is 4. The first-order valence-corrected chi connectivity index (χ1v) is 42.8. The predicted molar refractivity (Wildman–Crippen MR) is 409 cm³/mol. The molecule has 0 saturated heterocycles. The third-order valence-electron chi connectivity index (χ3n) is 16.9. The molecule has 0 aliphatic rings. The molecule has 0 spiro atoms. The fourth-order valence-electron chi connectivity index (χ4n) is 10.8. The van der Waals surface area contributed by atoms with Crippen molar-refractivity contribution in [3.8, 4) is 0 Å². The summed E-state index contributed by atoms with van der Waals surface area (Å²) in [6.45, 7) is 4.71. The molecule has 0 saturated carbocycles. The second-order valence-electron chi connectivity index (χ2n) is 26.6. The van der Waals surface area contributed by atoms with Crippen LogP contribution in [0.4, 0.5) is 0 Å². The average molecular weight is 1450 g/mol. The Morgan fingerprint density at radius 2 is 0.540 bits per heavy atom. The lowest BCUT2D eigenvalue weighted by molar-refractivity contribution is -0.161. The van der Waals surface area contributed by atoms with Crippen LogP contribution in [0, 0.1) is 0 Å². The van der Waals surface area contributed by atoms with Crippen molar-refractivity contribution in [1.29, 1.82) is 0 Å². The number of carbonyl (C=O) groups excluding carboxylic acids is 4. The monoisotopic (exact) mass is 1450 g/mol. The molecule has 3 N–H and O–H groups in total. The van der Waals surface area contributed by atoms with Crippen LogP contribution in [0.15, 0.2) is 85.1 Å². The number of unbranched alkanes of at least 4 members (excludes halogenated alkanes) is 35. The fourth-order valence-corrected chi connectivity index (χ4v) is 12.4. The maximum atomic E-state index is 13.1. The summed E-state index contributed by atoms with van der Waals surface area (Å²) < 4.78 is 68.5. The van der Waals surface area contributed by atoms with Gasteiger partial charge < -0.3 is 33.8 Å². The Kier molecular flexibility index (Phi) is 70.8. The third kappa shape index (κ3) is 72.6. The van der Waals surface area contributed by atoms with E-state index in [9.17, 15) is 43.2 Å². The number of phosphoric ester groups is 2. The second-order valence-corrected chi connectivity index (χ2v) is 29.5. The van der Waals surface area contributed by atoms with Crippen LogP contribution in [0.5, 0.6) is 0 Å². The van der Waals surface area contributed by atoms with Crippen molar-refractivity contribution in [3.05, 3.63) is 85.1 Å². The van der Waals surface area contributed by atoms with E-state index in [1.165, 1.54) is 148 Å². The highest BCUT2D eigenvalue weighted by Crippen LogP contribution is 2.45. The highest BCUT2D eigenvalue weighted by Gasteiger charge is 2.30. The Bertz CT molecular complexity index is 2230. The number of phosphoric acid groups is 2. The van der Waals surface area contributed by atoms with Gasteiger partial charge in [0.05, 0.1) is 26.4 Å². The molecule has 0 bridgehead atoms. The van der Waals surface area contributed by atoms with E-state index in [0.29, 0.717) is 32.1 Å². The molecule has 0 rings (SSSR count). The van der Waals surface area contributed by atoms with Gasteiger partial charge in [-0.15, -0.1) is 0 Å². The van der Waals surface area contributed by atoms with Crippen LogP contribution < -0.4 is 0 Å². The van der Waals surface area contributed by atoms with Crippen molar-refractivity contribution in [3.63, 3.8) is 0 Å². The van der Waals surface area contributed by atoms with E-state index in [4.69, 9.17) is 37.0 Å². The maximum Gasteiger partial charge on any atom is 0.472 e. The Balaban J connectivity index is 5.37. The quantitative estimate of drug-likeness (QED) is 0.0169. The van der Waals surface area contributed by atoms with Gasteiger partial charge in [0.1, 0.15) is 19.3 Å². The summed E-state index contributed by atoms with van der Waals surface area (Å²) in [7, 11) is -9.96. The van der Waals surface area contributed by atoms with Gasteiger partial charge in [0, 0.05) is 25.7 Å². The molecule has 0 fully saturated rings. The molecule has 5 unspecified atom stereocenters. The molecule has 0 aromatic carbocycles. The molecule has 0 aliphatic carbocycles. The molecule has 5 atom stereocenters. The third-order valence-corrected chi connectivity index (χ3v) is 18.8. The van der Waals surface area contributed by atoms with Gasteiger partial charge in [0.15, 0.2) is 12.2 Å². The molecule has 0 amide bonds. The molecule has 0 aromatic heterocycles. The van der Waals surface area contributed by atoms with Gasteiger partial charge in [-0.25, -0.2) is 9.13 Å². The summed E-state index contributed by atoms with van der Waals surface area (Å²) >= 11 is 0. The zero-order chi connectivity index (χ0) is 73.2. The van der Waals surface area contributed by atoms with Gasteiger partial charge >= 0.3 is 39.5 Å². The second kappa shape index (κ2) is 73.5. The van der Waals surface area contributed by atoms with E-state index in [2.05, 4.69) is 94.5 Å². The highest BCUT2D eigenvalue weighted by atomic mass is 31.2. The molecular formula is C81H144O17P2. The molecule has 580 valence electrons. The Hall–Kier alpha value is -3.76. The van der Waals surface area contributed by atoms with Crippen molar-refractivity contribution < 1.29 is 80.2 Å². The van der Waals surface area contributed by atoms with Crippen LogP contribution in [0.1, 0.15) is 349 Å². The minimum atomic E-state index is -4.99. The summed E-state index contributed by atoms with van der Waals surface area (Å²) in [6.07, 6.45) is 75.8. The van der Waals surface area contributed by atoms with E-state index < -0.39 is 97.5 Å². The number of hydrogen-bond donors (Lipinski definition) is 3. The molecule has 0 heterocycles. The number of hydrogen-bond acceptors (Lipinski definition) is 15. The Labute approximate surface area is 608 Å². The van der Waals surface area contributed by atoms with Crippen LogP contribution in [-0.4, -0.2) is 96.7 Å². The molecule has 100 heavy (non-hydrogen) atoms. The summed E-state index contributed by atoms with van der Waals surface area (Å²) in [6, 6.07) is 0. The number of aliphatic hydroxyl groups is 1. The van der Waals surface area contributed by atoms with Crippen LogP contribution in [-0.2, 0) is 65.4 Å². The normalized spacial score (nSPS) is 14.3. The van der Waals surface area contributed by atoms with Crippen molar-refractivity contribution in [2.24, 2.45) is 0 Å². The molecule has 17 nitrogen and oxygen atoms in total. The van der Waals surface area contributed by atoms with Gasteiger partial charge in [-0.1, -0.05) is 318 Å². The highest BCUT2D eigenvalue weighted by molar-refractivity contribution is 7.47. The molecular weight excluding hydrogens is 1310 g/mol. The molecule has 0 radical (unpaired) electrons. The van der Waals surface area contributed by atoms with Crippen molar-refractivity contribution in [2.75, 3.05) is 39.6 Å². The standard InChI is InChI=1S/C81H144O17P2/c1-5-9-13-17-21-25-29-33-35-36-37-38-40-44-46-50-54-58-62-66-79(84)92-72-77(98-81(86)68-64-60-56-52-48-42-32-28-24-20-16-12-8-4)74-96-100(89,90)94-70-75(82)69-93-99(87,88)95-73-76(97-80(85)67-63-59-55-51-47-41-31-27-23-19-15-11-7-3)71-91-78(83)65-61-57-53-49-45-43-39-34-30-26-22-18-14-10-6-2/h9,13,21,25,28,32-33,35,37-38,44,46,54,58,75-77,82H,5-8,10-12,14-20,22-24,26-27,29-31,34,36,39-43,45,47-53,55-57,59-74H2,1-4H3,(H,87,88)(H,89,90)/b13-9-,25-21-,32-28-,35-33-,38-37-,46-44-,58-54-. The zero-order valence-electron chi connectivity index (χ0n) is 63.4. The summed E-state index contributed by atoms with van der Waals surface area (Å²) in [4.78, 5) is 72.9. The minimum Gasteiger partial charge on any atom is -0.462 e. The van der Waals surface area contributed by atoms with Crippen LogP contribution in [0.2, 0.25) is 0 Å². The van der Waals surface area contributed by atoms with Crippen molar-refractivity contribution >= 4 is 39.5 Å². The van der Waals surface area contributed by atoms with Crippen molar-refractivity contribution in [2.45, 2.75) is 367 Å². The van der Waals surface area contributed by atoms with Crippen molar-refractivity contribution in [1.82, 2.24) is 0 Å². The van der Waals surface area contributed by atoms with Crippen LogP contribution >= 0.6 is 15.6 Å². The Morgan fingerprint density at radius 1 is 0.290 bits per heavy atom. The number of allylic oxidation sites excluding steroid dienone is 14. The predicted octanol–water partition coefficient (Wildman–Crippen LogP) is 23.0. The van der Waals surface area contributed by atoms with E-state index in [0.717, 1.165) is 116 Å². The van der Waals surface area contributed by atoms with E-state index in [-0.39, 0.29) is 25.7 Å². The smallest absolute Gasteiger partial charge is 0.462 e. The number of rotatable bonds is 75. The first-order valence-electron chi connectivity index (χ1n) is 39.8. The van der Waals surface area contributed by atoms with E-state index in [1.807, 2.05) is 18.2 Å². The molecule has 0 aliphatic heterocycles. The number of aliphatic hydroxyl groups excluding tert-OH is 1. The first kappa shape index (κ1) is 96.2. The van der Waals surface area contributed by atoms with E-state index >= 15 is 0 Å². The lowest BCUT2D eigenvalue weighted by atomic mass is 10.0. The van der Waals surface area contributed by atoms with Crippen LogP contribution in [0.25, 0.3) is 0 Å². The topological polar surface area (TPSA) is 237 Å². The van der Waals surface area contributed by atoms with Gasteiger partial charge in [-0.3, -0.25) is 37.3 Å². The SMILES string of the molecule is CC/C=C\C/C=C\C/C=C\C/C=C\C/C=C\C/C=C\CCC(=O)OCC(COP(=O)(O)OCC(O)COP(=O)(O)OCC(COC(=O)CCCCCCCCCCCCCCCCC)OC(=O)CCCCCCCCCCCCCCC)OC(=O)CCCCCCC/C=C\CCCCCC. The average Bonchev–Trinajstić information content (AvgIpc) is 0.935. The largest absolute Gasteiger partial charge is 0.472 e. The molecule has 0 aromatic rings. The summed E-state index contributed by atoms with van der Waals surface area (Å²) in [5, 5.41) is 10.6. The lowest BCUT2D eigenvalue weighted by Gasteiger charge is -2.21. The fraction of sp³-hybridized carbons (Fsp3) is 0.778. The summed E-state index contributed by atoms with van der Waals surface area (Å²) in [5.74, 6) is -2.25. The number of carbonyl (C=O) groups is 4. The molecule has 19 heteroatoms. The van der Waals surface area contributed by atoms with Crippen LogP contribution in [0.3, 0.4) is 0 Å². The van der Waals surface area contributed by atoms with Gasteiger partial charge in [0.25, 0.3) is 0 Å². The lowest BCUT2D eigenvalue weighted by Crippen LogP contribution is -2.30. The Morgan fingerprint density at radius 3 is 0.870 bits per heavy atom. The van der Waals surface area contributed by atoms with E-state index in [1.54, 1.807) is 0 Å². The number of esters is 4.